The first kappa shape index (κ1) is 13.4. The van der Waals surface area contributed by atoms with Crippen LogP contribution < -0.4 is 15.2 Å². The third kappa shape index (κ3) is 2.04. The summed E-state index contributed by atoms with van der Waals surface area (Å²) in [6.45, 7) is 0. The second-order valence-electron chi connectivity index (χ2n) is 4.65. The van der Waals surface area contributed by atoms with Gasteiger partial charge in [-0.2, -0.15) is 0 Å². The molecule has 5 heteroatoms. The van der Waals surface area contributed by atoms with E-state index in [-0.39, 0.29) is 10.8 Å². The van der Waals surface area contributed by atoms with E-state index in [1.807, 2.05) is 0 Å². The van der Waals surface area contributed by atoms with Crippen molar-refractivity contribution in [1.29, 1.82) is 0 Å². The molecule has 1 aromatic carbocycles. The van der Waals surface area contributed by atoms with Crippen LogP contribution in [0.15, 0.2) is 6.07 Å². The van der Waals surface area contributed by atoms with E-state index in [9.17, 15) is 4.39 Å². The molecular weight excluding hydrogens is 257 g/mol. The molecule has 3 nitrogen and oxygen atoms in total. The third-order valence-electron chi connectivity index (χ3n) is 3.58. The molecule has 0 aromatic heterocycles. The quantitative estimate of drug-likeness (QED) is 0.920. The zero-order valence-electron chi connectivity index (χ0n) is 10.6. The Morgan fingerprint density at radius 2 is 1.89 bits per heavy atom. The summed E-state index contributed by atoms with van der Waals surface area (Å²) >= 11 is 5.99. The fraction of sp³-hybridized carbons (Fsp3) is 0.538. The lowest BCUT2D eigenvalue weighted by molar-refractivity contribution is 0.347. The number of rotatable bonds is 3. The van der Waals surface area contributed by atoms with E-state index in [0.717, 1.165) is 25.7 Å². The first-order valence-electron chi connectivity index (χ1n) is 5.93. The molecule has 1 saturated carbocycles. The summed E-state index contributed by atoms with van der Waals surface area (Å²) in [5, 5.41) is -0.0661. The molecule has 0 heterocycles. The van der Waals surface area contributed by atoms with Crippen LogP contribution in [-0.4, -0.2) is 14.2 Å². The van der Waals surface area contributed by atoms with Gasteiger partial charge in [-0.25, -0.2) is 4.39 Å². The summed E-state index contributed by atoms with van der Waals surface area (Å²) in [5.74, 6) is 0.122. The minimum absolute atomic E-state index is 0.0661. The highest BCUT2D eigenvalue weighted by Crippen LogP contribution is 2.45. The average molecular weight is 274 g/mol. The molecule has 0 unspecified atom stereocenters. The van der Waals surface area contributed by atoms with Gasteiger partial charge in [0, 0.05) is 11.1 Å². The van der Waals surface area contributed by atoms with Crippen molar-refractivity contribution in [3.63, 3.8) is 0 Å². The molecule has 2 rings (SSSR count). The van der Waals surface area contributed by atoms with Gasteiger partial charge >= 0.3 is 0 Å². The largest absolute Gasteiger partial charge is 0.493 e. The maximum atomic E-state index is 14.3. The summed E-state index contributed by atoms with van der Waals surface area (Å²) in [7, 11) is 2.92. The van der Waals surface area contributed by atoms with E-state index in [1.165, 1.54) is 14.2 Å². The lowest BCUT2D eigenvalue weighted by Crippen LogP contribution is -2.34. The van der Waals surface area contributed by atoms with Gasteiger partial charge in [-0.1, -0.05) is 24.4 Å². The Hall–Kier alpha value is -1.00. The zero-order valence-corrected chi connectivity index (χ0v) is 11.3. The molecule has 2 N–H and O–H groups in total. The highest BCUT2D eigenvalue weighted by molar-refractivity contribution is 6.32. The van der Waals surface area contributed by atoms with Gasteiger partial charge < -0.3 is 15.2 Å². The molecule has 1 fully saturated rings. The number of hydrogen-bond donors (Lipinski definition) is 1. The van der Waals surface area contributed by atoms with Crippen LogP contribution in [0.25, 0.3) is 0 Å². The number of nitrogens with two attached hydrogens (primary N) is 1. The molecule has 1 aromatic rings. The number of ether oxygens (including phenoxy) is 2. The summed E-state index contributed by atoms with van der Waals surface area (Å²) < 4.78 is 24.6. The Morgan fingerprint density at radius 1 is 1.28 bits per heavy atom. The number of hydrogen-bond acceptors (Lipinski definition) is 3. The van der Waals surface area contributed by atoms with Crippen molar-refractivity contribution in [3.8, 4) is 11.5 Å². The van der Waals surface area contributed by atoms with Crippen LogP contribution in [-0.2, 0) is 5.54 Å². The Kier molecular flexibility index (Phi) is 3.69. The van der Waals surface area contributed by atoms with Crippen molar-refractivity contribution < 1.29 is 13.9 Å². The normalized spacial score (nSPS) is 17.8. The van der Waals surface area contributed by atoms with Crippen LogP contribution in [0.5, 0.6) is 11.5 Å². The third-order valence-corrected chi connectivity index (χ3v) is 3.92. The van der Waals surface area contributed by atoms with E-state index in [2.05, 4.69) is 0 Å². The lowest BCUT2D eigenvalue weighted by atomic mass is 9.88. The van der Waals surface area contributed by atoms with Crippen LogP contribution in [0, 0.1) is 5.82 Å². The fourth-order valence-electron chi connectivity index (χ4n) is 2.57. The SMILES string of the molecule is COc1cc(C2(N)CCCC2)c(F)c(Cl)c1OC. The van der Waals surface area contributed by atoms with Gasteiger partial charge in [0.2, 0.25) is 0 Å². The molecule has 0 spiro atoms. The van der Waals surface area contributed by atoms with E-state index < -0.39 is 11.4 Å². The predicted molar refractivity (Wildman–Crippen MR) is 68.8 cm³/mol. The average Bonchev–Trinajstić information content (AvgIpc) is 2.80. The molecule has 0 bridgehead atoms. The molecule has 1 aliphatic rings. The van der Waals surface area contributed by atoms with Crippen LogP contribution in [0.2, 0.25) is 5.02 Å². The van der Waals surface area contributed by atoms with Crippen molar-refractivity contribution in [3.05, 3.63) is 22.5 Å². The molecule has 18 heavy (non-hydrogen) atoms. The molecule has 1 aliphatic carbocycles. The Balaban J connectivity index is 2.58. The van der Waals surface area contributed by atoms with Gasteiger partial charge in [-0.05, 0) is 18.9 Å². The number of benzene rings is 1. The monoisotopic (exact) mass is 273 g/mol. The molecule has 0 aliphatic heterocycles. The minimum Gasteiger partial charge on any atom is -0.493 e. The van der Waals surface area contributed by atoms with Gasteiger partial charge in [-0.15, -0.1) is 0 Å². The molecule has 0 radical (unpaired) electrons. The van der Waals surface area contributed by atoms with Crippen LogP contribution >= 0.6 is 11.6 Å². The van der Waals surface area contributed by atoms with Crippen LogP contribution in [0.4, 0.5) is 4.39 Å². The lowest BCUT2D eigenvalue weighted by Gasteiger charge is -2.26. The van der Waals surface area contributed by atoms with Crippen LogP contribution in [0.1, 0.15) is 31.2 Å². The highest BCUT2D eigenvalue weighted by atomic mass is 35.5. The summed E-state index contributed by atoms with van der Waals surface area (Å²) in [6.07, 6.45) is 3.52. The number of methoxy groups -OCH3 is 2. The van der Waals surface area contributed by atoms with Crippen molar-refractivity contribution in [2.75, 3.05) is 14.2 Å². The van der Waals surface area contributed by atoms with Gasteiger partial charge in [-0.3, -0.25) is 0 Å². The van der Waals surface area contributed by atoms with E-state index >= 15 is 0 Å². The van der Waals surface area contributed by atoms with E-state index in [0.29, 0.717) is 11.3 Å². The van der Waals surface area contributed by atoms with Crippen molar-refractivity contribution in [2.45, 2.75) is 31.2 Å². The Bertz CT molecular complexity index is 459. The molecular formula is C13H17ClFNO2. The molecule has 0 saturated heterocycles. The fourth-order valence-corrected chi connectivity index (χ4v) is 2.84. The van der Waals surface area contributed by atoms with Crippen molar-refractivity contribution >= 4 is 11.6 Å². The summed E-state index contributed by atoms with van der Waals surface area (Å²) in [6, 6.07) is 1.60. The Morgan fingerprint density at radius 3 is 2.39 bits per heavy atom. The molecule has 0 atom stereocenters. The first-order chi connectivity index (χ1) is 8.53. The maximum absolute atomic E-state index is 14.3. The van der Waals surface area contributed by atoms with E-state index in [1.54, 1.807) is 6.07 Å². The van der Waals surface area contributed by atoms with Gasteiger partial charge in [0.25, 0.3) is 0 Å². The first-order valence-corrected chi connectivity index (χ1v) is 6.30. The second-order valence-corrected chi connectivity index (χ2v) is 5.03. The van der Waals surface area contributed by atoms with Gasteiger partial charge in [0.15, 0.2) is 17.3 Å². The maximum Gasteiger partial charge on any atom is 0.182 e. The minimum atomic E-state index is -0.646. The van der Waals surface area contributed by atoms with Gasteiger partial charge in [0.05, 0.1) is 14.2 Å². The number of halogens is 2. The van der Waals surface area contributed by atoms with E-state index in [4.69, 9.17) is 26.8 Å². The standard InChI is InChI=1S/C13H17ClFNO2/c1-17-9-7-8(13(16)5-3-4-6-13)11(15)10(14)12(9)18-2/h7H,3-6,16H2,1-2H3. The van der Waals surface area contributed by atoms with Crippen molar-refractivity contribution in [2.24, 2.45) is 5.73 Å². The smallest absolute Gasteiger partial charge is 0.182 e. The summed E-state index contributed by atoms with van der Waals surface area (Å²) in [5.41, 5.74) is 6.04. The Labute approximate surface area is 111 Å². The van der Waals surface area contributed by atoms with Gasteiger partial charge in [0.1, 0.15) is 5.02 Å². The summed E-state index contributed by atoms with van der Waals surface area (Å²) in [4.78, 5) is 0. The topological polar surface area (TPSA) is 44.5 Å². The molecule has 0 amide bonds. The van der Waals surface area contributed by atoms with Crippen LogP contribution in [0.3, 0.4) is 0 Å². The highest BCUT2D eigenvalue weighted by Gasteiger charge is 2.36. The zero-order chi connectivity index (χ0) is 13.3. The second kappa shape index (κ2) is 4.94. The predicted octanol–water partition coefficient (Wildman–Crippen LogP) is 3.22. The molecule has 100 valence electrons. The van der Waals surface area contributed by atoms with Crippen molar-refractivity contribution in [1.82, 2.24) is 0 Å².